The first-order valence-corrected chi connectivity index (χ1v) is 12.2. The smallest absolute Gasteiger partial charge is 0.351 e. The van der Waals surface area contributed by atoms with Crippen LogP contribution in [0.2, 0.25) is 5.02 Å². The molecule has 0 saturated heterocycles. The summed E-state index contributed by atoms with van der Waals surface area (Å²) in [6, 6.07) is 19.0. The number of benzene rings is 3. The van der Waals surface area contributed by atoms with Crippen LogP contribution in [0.3, 0.4) is 0 Å². The van der Waals surface area contributed by atoms with Gasteiger partial charge in [0.15, 0.2) is 0 Å². The second kappa shape index (κ2) is 11.8. The molecule has 4 rings (SSSR count). The van der Waals surface area contributed by atoms with Crippen LogP contribution in [0.25, 0.3) is 17.0 Å². The van der Waals surface area contributed by atoms with Gasteiger partial charge in [0.1, 0.15) is 22.8 Å². The van der Waals surface area contributed by atoms with Gasteiger partial charge in [-0.25, -0.2) is 9.59 Å². The van der Waals surface area contributed by atoms with Gasteiger partial charge in [-0.15, -0.1) is 0 Å². The second-order valence-corrected chi connectivity index (χ2v) is 9.09. The molecule has 0 fully saturated rings. The maximum absolute atomic E-state index is 12.8. The standard InChI is InChI=1S/C28H22ClNO6S/c1-33-22-5-4-6-23(34-2)26(22)28(32)36-19-10-7-17(8-11-19)15-25(27(31)35-3)37-24-13-14-30-21-16-18(29)9-12-20(21)24/h4-16H,1-3H3/b25-15+. The molecule has 0 bridgehead atoms. The van der Waals surface area contributed by atoms with Crippen LogP contribution in [0.1, 0.15) is 15.9 Å². The average molecular weight is 536 g/mol. The van der Waals surface area contributed by atoms with E-state index in [0.717, 1.165) is 15.8 Å². The molecule has 37 heavy (non-hydrogen) atoms. The number of carbonyl (C=O) groups is 2. The van der Waals surface area contributed by atoms with E-state index in [4.69, 9.17) is 30.5 Å². The van der Waals surface area contributed by atoms with Crippen molar-refractivity contribution in [2.24, 2.45) is 0 Å². The summed E-state index contributed by atoms with van der Waals surface area (Å²) in [6.07, 6.45) is 3.36. The Morgan fingerprint density at radius 1 is 0.919 bits per heavy atom. The molecule has 1 aromatic heterocycles. The maximum Gasteiger partial charge on any atom is 0.351 e. The van der Waals surface area contributed by atoms with Crippen LogP contribution < -0.4 is 14.2 Å². The van der Waals surface area contributed by atoms with Gasteiger partial charge in [0.25, 0.3) is 0 Å². The molecular formula is C28H22ClNO6S. The Hall–Kier alpha value is -4.01. The van der Waals surface area contributed by atoms with Crippen LogP contribution >= 0.6 is 23.4 Å². The Morgan fingerprint density at radius 2 is 1.62 bits per heavy atom. The van der Waals surface area contributed by atoms with Crippen molar-refractivity contribution in [3.05, 3.63) is 94.0 Å². The molecule has 0 radical (unpaired) electrons. The van der Waals surface area contributed by atoms with Gasteiger partial charge in [0.2, 0.25) is 0 Å². The number of rotatable bonds is 8. The maximum atomic E-state index is 12.8. The summed E-state index contributed by atoms with van der Waals surface area (Å²) in [5, 5.41) is 1.44. The number of thioether (sulfide) groups is 1. The van der Waals surface area contributed by atoms with Crippen molar-refractivity contribution in [1.82, 2.24) is 4.98 Å². The number of fused-ring (bicyclic) bond motifs is 1. The van der Waals surface area contributed by atoms with Gasteiger partial charge in [-0.05, 0) is 54.1 Å². The van der Waals surface area contributed by atoms with Crippen molar-refractivity contribution >= 4 is 52.3 Å². The van der Waals surface area contributed by atoms with Crippen LogP contribution in [0.15, 0.2) is 82.7 Å². The SMILES string of the molecule is COC(=O)/C(=C\c1ccc(OC(=O)c2c(OC)cccc2OC)cc1)Sc1ccnc2cc(Cl)ccc12. The molecule has 0 aliphatic heterocycles. The number of nitrogens with zero attached hydrogens (tertiary/aromatic N) is 1. The lowest BCUT2D eigenvalue weighted by atomic mass is 10.1. The number of hydrogen-bond acceptors (Lipinski definition) is 8. The van der Waals surface area contributed by atoms with Gasteiger partial charge in [-0.1, -0.05) is 47.6 Å². The zero-order chi connectivity index (χ0) is 26.4. The van der Waals surface area contributed by atoms with Gasteiger partial charge in [-0.2, -0.15) is 0 Å². The molecule has 0 spiro atoms. The van der Waals surface area contributed by atoms with E-state index in [9.17, 15) is 9.59 Å². The van der Waals surface area contributed by atoms with Crippen molar-refractivity contribution < 1.29 is 28.5 Å². The third kappa shape index (κ3) is 6.04. The van der Waals surface area contributed by atoms with E-state index in [2.05, 4.69) is 4.98 Å². The average Bonchev–Trinajstić information content (AvgIpc) is 2.92. The summed E-state index contributed by atoms with van der Waals surface area (Å²) < 4.78 is 21.1. The number of ether oxygens (including phenoxy) is 4. The van der Waals surface area contributed by atoms with E-state index in [1.54, 1.807) is 66.9 Å². The molecule has 0 N–H and O–H groups in total. The molecule has 0 saturated carbocycles. The van der Waals surface area contributed by atoms with E-state index in [0.29, 0.717) is 32.7 Å². The summed E-state index contributed by atoms with van der Waals surface area (Å²) in [7, 11) is 4.26. The zero-order valence-electron chi connectivity index (χ0n) is 20.2. The number of hydrogen-bond donors (Lipinski definition) is 0. The third-order valence-electron chi connectivity index (χ3n) is 5.29. The monoisotopic (exact) mass is 535 g/mol. The van der Waals surface area contributed by atoms with Crippen molar-refractivity contribution in [2.75, 3.05) is 21.3 Å². The van der Waals surface area contributed by atoms with E-state index in [1.165, 1.54) is 33.1 Å². The molecule has 188 valence electrons. The summed E-state index contributed by atoms with van der Waals surface area (Å²) in [6.45, 7) is 0. The molecule has 9 heteroatoms. The molecule has 1 heterocycles. The van der Waals surface area contributed by atoms with Crippen LogP contribution in [0, 0.1) is 0 Å². The van der Waals surface area contributed by atoms with Crippen molar-refractivity contribution in [1.29, 1.82) is 0 Å². The lowest BCUT2D eigenvalue weighted by Gasteiger charge is -2.12. The highest BCUT2D eigenvalue weighted by molar-refractivity contribution is 8.04. The van der Waals surface area contributed by atoms with Crippen molar-refractivity contribution in [3.63, 3.8) is 0 Å². The number of pyridine rings is 1. The molecule has 0 aliphatic rings. The summed E-state index contributed by atoms with van der Waals surface area (Å²) in [5.41, 5.74) is 1.62. The third-order valence-corrected chi connectivity index (χ3v) is 6.61. The van der Waals surface area contributed by atoms with Gasteiger partial charge < -0.3 is 18.9 Å². The van der Waals surface area contributed by atoms with Gasteiger partial charge in [-0.3, -0.25) is 4.98 Å². The fraction of sp³-hybridized carbons (Fsp3) is 0.107. The van der Waals surface area contributed by atoms with Crippen molar-refractivity contribution in [3.8, 4) is 17.2 Å². The lowest BCUT2D eigenvalue weighted by molar-refractivity contribution is -0.135. The van der Waals surface area contributed by atoms with E-state index in [1.807, 2.05) is 12.1 Å². The highest BCUT2D eigenvalue weighted by Gasteiger charge is 2.20. The quantitative estimate of drug-likeness (QED) is 0.110. The fourth-order valence-corrected chi connectivity index (χ4v) is 4.70. The Balaban J connectivity index is 1.58. The Bertz CT molecular complexity index is 1460. The minimum atomic E-state index is -0.618. The highest BCUT2D eigenvalue weighted by Crippen LogP contribution is 2.35. The highest BCUT2D eigenvalue weighted by atomic mass is 35.5. The van der Waals surface area contributed by atoms with E-state index in [-0.39, 0.29) is 5.56 Å². The lowest BCUT2D eigenvalue weighted by Crippen LogP contribution is -2.11. The number of halogens is 1. The Kier molecular flexibility index (Phi) is 8.32. The van der Waals surface area contributed by atoms with Crippen molar-refractivity contribution in [2.45, 2.75) is 4.90 Å². The zero-order valence-corrected chi connectivity index (χ0v) is 21.8. The normalized spacial score (nSPS) is 11.2. The molecule has 0 unspecified atom stereocenters. The van der Waals surface area contributed by atoms with Gasteiger partial charge in [0, 0.05) is 21.5 Å². The summed E-state index contributed by atoms with van der Waals surface area (Å²) in [5.74, 6) is -0.0979. The topological polar surface area (TPSA) is 84.0 Å². The van der Waals surface area contributed by atoms with Crippen LogP contribution in [0.5, 0.6) is 17.2 Å². The molecule has 7 nitrogen and oxygen atoms in total. The largest absolute Gasteiger partial charge is 0.496 e. The molecule has 0 atom stereocenters. The molecule has 0 aliphatic carbocycles. The molecular weight excluding hydrogens is 514 g/mol. The first kappa shape index (κ1) is 26.1. The van der Waals surface area contributed by atoms with Crippen LogP contribution in [-0.4, -0.2) is 38.3 Å². The van der Waals surface area contributed by atoms with Crippen LogP contribution in [0.4, 0.5) is 0 Å². The van der Waals surface area contributed by atoms with Gasteiger partial charge in [0.05, 0.1) is 31.8 Å². The number of esters is 2. The molecule has 3 aromatic carbocycles. The number of methoxy groups -OCH3 is 3. The summed E-state index contributed by atoms with van der Waals surface area (Å²) in [4.78, 5) is 30.9. The molecule has 0 amide bonds. The van der Waals surface area contributed by atoms with E-state index < -0.39 is 11.9 Å². The predicted octanol–water partition coefficient (Wildman–Crippen LogP) is 6.43. The minimum Gasteiger partial charge on any atom is -0.496 e. The van der Waals surface area contributed by atoms with Crippen LogP contribution in [-0.2, 0) is 9.53 Å². The summed E-state index contributed by atoms with van der Waals surface area (Å²) >= 11 is 7.35. The second-order valence-electron chi connectivity index (χ2n) is 7.57. The van der Waals surface area contributed by atoms with Gasteiger partial charge >= 0.3 is 11.9 Å². The minimum absolute atomic E-state index is 0.187. The van der Waals surface area contributed by atoms with E-state index >= 15 is 0 Å². The first-order valence-electron chi connectivity index (χ1n) is 11.0. The Morgan fingerprint density at radius 3 is 2.27 bits per heavy atom. The number of carbonyl (C=O) groups excluding carboxylic acids is 2. The first-order chi connectivity index (χ1) is 17.9. The fourth-order valence-electron chi connectivity index (χ4n) is 3.53. The molecule has 4 aromatic rings. The number of aromatic nitrogens is 1. The Labute approximate surface area is 223 Å². The predicted molar refractivity (Wildman–Crippen MR) is 144 cm³/mol.